The molecule has 3 amide bonds. The molecule has 0 unspecified atom stereocenters. The van der Waals surface area contributed by atoms with E-state index in [2.05, 4.69) is 29.6 Å². The van der Waals surface area contributed by atoms with E-state index in [1.54, 1.807) is 29.2 Å². The van der Waals surface area contributed by atoms with Gasteiger partial charge < -0.3 is 4.90 Å². The molecule has 0 spiro atoms. The van der Waals surface area contributed by atoms with Gasteiger partial charge in [-0.3, -0.25) is 10.1 Å². The molecule has 0 atom stereocenters. The second-order valence-corrected chi connectivity index (χ2v) is 6.25. The first-order chi connectivity index (χ1) is 11.7. The number of nitrogens with zero attached hydrogens (tertiary/aromatic N) is 1. The smallest absolute Gasteiger partial charge is 0.324 e. The van der Waals surface area contributed by atoms with E-state index in [0.29, 0.717) is 24.6 Å². The van der Waals surface area contributed by atoms with Crippen LogP contribution in [0.4, 0.5) is 4.79 Å². The second-order valence-electron chi connectivity index (χ2n) is 6.25. The average molecular weight is 322 g/mol. The minimum atomic E-state index is -0.341. The molecule has 24 heavy (non-hydrogen) atoms. The van der Waals surface area contributed by atoms with E-state index in [1.807, 2.05) is 12.1 Å². The van der Waals surface area contributed by atoms with E-state index in [1.165, 1.54) is 5.56 Å². The monoisotopic (exact) mass is 322 g/mol. The molecule has 0 aliphatic carbocycles. The summed E-state index contributed by atoms with van der Waals surface area (Å²) in [5.74, 6) is 0.258. The Morgan fingerprint density at radius 2 is 1.50 bits per heavy atom. The molecule has 4 nitrogen and oxygen atoms in total. The highest BCUT2D eigenvalue weighted by Crippen LogP contribution is 2.21. The third-order valence-electron chi connectivity index (χ3n) is 4.53. The maximum absolute atomic E-state index is 12.2. The fourth-order valence-electron chi connectivity index (χ4n) is 3.13. The quantitative estimate of drug-likeness (QED) is 0.940. The predicted octanol–water partition coefficient (Wildman–Crippen LogP) is 3.49. The van der Waals surface area contributed by atoms with Gasteiger partial charge in [-0.15, -0.1) is 0 Å². The van der Waals surface area contributed by atoms with Crippen LogP contribution < -0.4 is 5.32 Å². The molecule has 0 saturated carbocycles. The number of piperidine rings is 1. The zero-order valence-electron chi connectivity index (χ0n) is 13.7. The van der Waals surface area contributed by atoms with Crippen LogP contribution >= 0.6 is 0 Å². The fraction of sp³-hybridized carbons (Fsp3) is 0.300. The minimum Gasteiger partial charge on any atom is -0.324 e. The first kappa shape index (κ1) is 16.2. The lowest BCUT2D eigenvalue weighted by atomic mass is 9.90. The number of benzene rings is 2. The lowest BCUT2D eigenvalue weighted by Crippen LogP contribution is -2.46. The number of hydrogen-bond acceptors (Lipinski definition) is 2. The van der Waals surface area contributed by atoms with E-state index in [9.17, 15) is 9.59 Å². The molecule has 0 bridgehead atoms. The molecular weight excluding hydrogens is 300 g/mol. The normalized spacial score (nSPS) is 15.1. The van der Waals surface area contributed by atoms with Crippen LogP contribution in [-0.4, -0.2) is 29.9 Å². The van der Waals surface area contributed by atoms with Crippen molar-refractivity contribution in [1.29, 1.82) is 0 Å². The first-order valence-corrected chi connectivity index (χ1v) is 8.41. The number of carbonyl (C=O) groups excluding carboxylic acids is 2. The molecule has 124 valence electrons. The molecule has 2 aromatic rings. The molecule has 2 aromatic carbocycles. The molecule has 0 aromatic heterocycles. The van der Waals surface area contributed by atoms with Crippen molar-refractivity contribution < 1.29 is 9.59 Å². The number of nitrogens with one attached hydrogen (secondary N) is 1. The zero-order chi connectivity index (χ0) is 16.8. The second kappa shape index (κ2) is 7.77. The third kappa shape index (κ3) is 4.22. The van der Waals surface area contributed by atoms with Gasteiger partial charge in [0.2, 0.25) is 0 Å². The molecule has 0 radical (unpaired) electrons. The molecule has 4 heteroatoms. The van der Waals surface area contributed by atoms with Gasteiger partial charge >= 0.3 is 6.03 Å². The fourth-order valence-corrected chi connectivity index (χ4v) is 3.13. The van der Waals surface area contributed by atoms with Gasteiger partial charge in [-0.1, -0.05) is 48.5 Å². The van der Waals surface area contributed by atoms with E-state index in [-0.39, 0.29) is 11.9 Å². The highest BCUT2D eigenvalue weighted by molar-refractivity contribution is 6.04. The van der Waals surface area contributed by atoms with Gasteiger partial charge in [-0.2, -0.15) is 0 Å². The summed E-state index contributed by atoms with van der Waals surface area (Å²) < 4.78 is 0. The van der Waals surface area contributed by atoms with Crippen LogP contribution in [0.2, 0.25) is 0 Å². The number of imide groups is 1. The summed E-state index contributed by atoms with van der Waals surface area (Å²) in [6.07, 6.45) is 3.00. The van der Waals surface area contributed by atoms with Crippen molar-refractivity contribution in [3.63, 3.8) is 0 Å². The van der Waals surface area contributed by atoms with Crippen LogP contribution in [-0.2, 0) is 6.42 Å². The molecule has 1 N–H and O–H groups in total. The van der Waals surface area contributed by atoms with E-state index < -0.39 is 0 Å². The van der Waals surface area contributed by atoms with Crippen molar-refractivity contribution in [1.82, 2.24) is 10.2 Å². The standard InChI is InChI=1S/C20H22N2O2/c23-19(18-9-5-2-6-10-18)21-20(24)22-13-11-17(12-14-22)15-16-7-3-1-4-8-16/h1-10,17H,11-15H2,(H,21,23,24). The van der Waals surface area contributed by atoms with Crippen molar-refractivity contribution in [2.45, 2.75) is 19.3 Å². The van der Waals surface area contributed by atoms with Gasteiger partial charge in [-0.05, 0) is 42.9 Å². The van der Waals surface area contributed by atoms with E-state index in [0.717, 1.165) is 19.3 Å². The number of hydrogen-bond donors (Lipinski definition) is 1. The van der Waals surface area contributed by atoms with Gasteiger partial charge in [-0.25, -0.2) is 4.79 Å². The molecule has 1 saturated heterocycles. The number of amides is 3. The largest absolute Gasteiger partial charge is 0.324 e. The number of carbonyl (C=O) groups is 2. The lowest BCUT2D eigenvalue weighted by molar-refractivity contribution is 0.0945. The Hall–Kier alpha value is -2.62. The van der Waals surface area contributed by atoms with Crippen LogP contribution in [0.3, 0.4) is 0 Å². The Labute approximate surface area is 142 Å². The number of likely N-dealkylation sites (tertiary alicyclic amines) is 1. The Morgan fingerprint density at radius 3 is 2.12 bits per heavy atom. The predicted molar refractivity (Wildman–Crippen MR) is 93.7 cm³/mol. The Kier molecular flexibility index (Phi) is 5.26. The molecule has 3 rings (SSSR count). The average Bonchev–Trinajstić information content (AvgIpc) is 2.64. The van der Waals surface area contributed by atoms with Gasteiger partial charge in [0, 0.05) is 18.7 Å². The summed E-state index contributed by atoms with van der Waals surface area (Å²) in [5, 5.41) is 2.48. The zero-order valence-corrected chi connectivity index (χ0v) is 13.7. The maximum Gasteiger partial charge on any atom is 0.324 e. The Balaban J connectivity index is 1.47. The molecule has 1 fully saturated rings. The van der Waals surface area contributed by atoms with Gasteiger partial charge in [0.25, 0.3) is 5.91 Å². The summed E-state index contributed by atoms with van der Waals surface area (Å²) in [6.45, 7) is 1.40. The van der Waals surface area contributed by atoms with Gasteiger partial charge in [0.05, 0.1) is 0 Å². The van der Waals surface area contributed by atoms with Crippen molar-refractivity contribution >= 4 is 11.9 Å². The number of rotatable bonds is 3. The van der Waals surface area contributed by atoms with Crippen LogP contribution in [0.15, 0.2) is 60.7 Å². The van der Waals surface area contributed by atoms with Crippen molar-refractivity contribution in [3.8, 4) is 0 Å². The molecular formula is C20H22N2O2. The van der Waals surface area contributed by atoms with Crippen LogP contribution in [0.1, 0.15) is 28.8 Å². The van der Waals surface area contributed by atoms with Gasteiger partial charge in [0.15, 0.2) is 0 Å². The summed E-state index contributed by atoms with van der Waals surface area (Å²) >= 11 is 0. The van der Waals surface area contributed by atoms with Crippen LogP contribution in [0.5, 0.6) is 0 Å². The molecule has 1 heterocycles. The molecule has 1 aliphatic rings. The molecule has 1 aliphatic heterocycles. The maximum atomic E-state index is 12.2. The minimum absolute atomic E-state index is 0.290. The van der Waals surface area contributed by atoms with E-state index in [4.69, 9.17) is 0 Å². The van der Waals surface area contributed by atoms with Gasteiger partial charge in [0.1, 0.15) is 0 Å². The van der Waals surface area contributed by atoms with Crippen LogP contribution in [0, 0.1) is 5.92 Å². The summed E-state index contributed by atoms with van der Waals surface area (Å²) in [6, 6.07) is 19.0. The van der Waals surface area contributed by atoms with Crippen molar-refractivity contribution in [2.24, 2.45) is 5.92 Å². The number of urea groups is 1. The topological polar surface area (TPSA) is 49.4 Å². The third-order valence-corrected chi connectivity index (χ3v) is 4.53. The van der Waals surface area contributed by atoms with Crippen molar-refractivity contribution in [3.05, 3.63) is 71.8 Å². The van der Waals surface area contributed by atoms with E-state index >= 15 is 0 Å². The Morgan fingerprint density at radius 1 is 0.917 bits per heavy atom. The SMILES string of the molecule is O=C(NC(=O)N1CCC(Cc2ccccc2)CC1)c1ccccc1. The van der Waals surface area contributed by atoms with Crippen LogP contribution in [0.25, 0.3) is 0 Å². The highest BCUT2D eigenvalue weighted by atomic mass is 16.2. The summed E-state index contributed by atoms with van der Waals surface area (Å²) in [4.78, 5) is 26.0. The Bertz CT molecular complexity index is 677. The first-order valence-electron chi connectivity index (χ1n) is 8.41. The highest BCUT2D eigenvalue weighted by Gasteiger charge is 2.24. The summed E-state index contributed by atoms with van der Waals surface area (Å²) in [5.41, 5.74) is 1.85. The summed E-state index contributed by atoms with van der Waals surface area (Å²) in [7, 11) is 0. The van der Waals surface area contributed by atoms with Crippen molar-refractivity contribution in [2.75, 3.05) is 13.1 Å². The lowest BCUT2D eigenvalue weighted by Gasteiger charge is -2.31.